The van der Waals surface area contributed by atoms with Crippen LogP contribution in [0, 0.1) is 11.8 Å². The van der Waals surface area contributed by atoms with Crippen molar-refractivity contribution in [2.24, 2.45) is 11.8 Å². The molecule has 2 aliphatic rings. The Morgan fingerprint density at radius 3 is 2.09 bits per heavy atom. The number of hydrogen-bond acceptors (Lipinski definition) is 4. The third-order valence-electron chi connectivity index (χ3n) is 8.08. The zero-order valence-corrected chi connectivity index (χ0v) is 25.3. The van der Waals surface area contributed by atoms with E-state index in [2.05, 4.69) is 35.2 Å². The summed E-state index contributed by atoms with van der Waals surface area (Å²) in [6, 6.07) is 18.6. The molecule has 0 aliphatic carbocycles. The minimum absolute atomic E-state index is 0.00600. The van der Waals surface area contributed by atoms with Crippen LogP contribution in [-0.2, 0) is 27.3 Å². The van der Waals surface area contributed by atoms with Crippen molar-refractivity contribution in [3.8, 4) is 0 Å². The maximum atomic E-state index is 13.5. The second-order valence-corrected chi connectivity index (χ2v) is 11.7. The van der Waals surface area contributed by atoms with Crippen molar-refractivity contribution in [2.45, 2.75) is 58.2 Å². The lowest BCUT2D eigenvalue weighted by molar-refractivity contribution is -0.192. The van der Waals surface area contributed by atoms with E-state index in [9.17, 15) is 22.8 Å². The van der Waals surface area contributed by atoms with Gasteiger partial charge in [0.15, 0.2) is 0 Å². The average molecular weight is 624 g/mol. The van der Waals surface area contributed by atoms with E-state index < -0.39 is 12.1 Å². The second-order valence-electron chi connectivity index (χ2n) is 11.3. The molecule has 0 bridgehead atoms. The molecule has 2 heterocycles. The standard InChI is InChI=1S/C30H40ClN3O2.C2HF3O2/c1-24(35)33-19-13-28(14-20-33)30(36)34(23-27-9-5-10-29(31)22-27)16-6-15-32-17-11-26(12-18-32)21-25-7-3-2-4-8-25;3-2(4,5)1(6)7/h2-5,7-10,22,26,28H,6,11-21,23H2,1H3;(H,6,7). The summed E-state index contributed by atoms with van der Waals surface area (Å²) in [6.45, 7) is 7.61. The van der Waals surface area contributed by atoms with Gasteiger partial charge < -0.3 is 19.8 Å². The molecule has 0 unspecified atom stereocenters. The molecule has 2 aliphatic heterocycles. The molecule has 1 N–H and O–H groups in total. The molecule has 2 fully saturated rings. The Bertz CT molecular complexity index is 1180. The lowest BCUT2D eigenvalue weighted by Gasteiger charge is -2.35. The number of alkyl halides is 3. The number of piperidine rings is 2. The summed E-state index contributed by atoms with van der Waals surface area (Å²) in [5.74, 6) is -1.67. The van der Waals surface area contributed by atoms with E-state index in [4.69, 9.17) is 21.5 Å². The van der Waals surface area contributed by atoms with Gasteiger partial charge in [-0.15, -0.1) is 0 Å². The molecule has 0 atom stereocenters. The Morgan fingerprint density at radius 2 is 1.53 bits per heavy atom. The van der Waals surface area contributed by atoms with Crippen molar-refractivity contribution < 1.29 is 32.7 Å². The summed E-state index contributed by atoms with van der Waals surface area (Å²) in [7, 11) is 0. The molecule has 43 heavy (non-hydrogen) atoms. The number of likely N-dealkylation sites (tertiary alicyclic amines) is 2. The van der Waals surface area contributed by atoms with Crippen molar-refractivity contribution in [2.75, 3.05) is 39.3 Å². The van der Waals surface area contributed by atoms with E-state index in [1.807, 2.05) is 34.1 Å². The van der Waals surface area contributed by atoms with Crippen molar-refractivity contribution >= 4 is 29.4 Å². The summed E-state index contributed by atoms with van der Waals surface area (Å²) < 4.78 is 31.7. The minimum Gasteiger partial charge on any atom is -0.475 e. The van der Waals surface area contributed by atoms with Crippen molar-refractivity contribution in [1.29, 1.82) is 0 Å². The fourth-order valence-corrected chi connectivity index (χ4v) is 5.88. The number of hydrogen-bond donors (Lipinski definition) is 1. The first-order valence-corrected chi connectivity index (χ1v) is 15.1. The minimum atomic E-state index is -5.08. The predicted molar refractivity (Wildman–Crippen MR) is 159 cm³/mol. The highest BCUT2D eigenvalue weighted by Gasteiger charge is 2.38. The van der Waals surface area contributed by atoms with Crippen molar-refractivity contribution in [3.05, 3.63) is 70.7 Å². The second kappa shape index (κ2) is 16.7. The Balaban J connectivity index is 0.000000646. The van der Waals surface area contributed by atoms with E-state index in [0.717, 1.165) is 56.9 Å². The zero-order chi connectivity index (χ0) is 31.4. The number of carbonyl (C=O) groups is 3. The van der Waals surface area contributed by atoms with Crippen LogP contribution >= 0.6 is 11.6 Å². The first-order chi connectivity index (χ1) is 20.4. The van der Waals surface area contributed by atoms with Crippen LogP contribution in [0.3, 0.4) is 0 Å². The largest absolute Gasteiger partial charge is 0.490 e. The highest BCUT2D eigenvalue weighted by molar-refractivity contribution is 6.30. The molecule has 2 aromatic rings. The Hall–Kier alpha value is -3.11. The molecule has 0 saturated carbocycles. The molecule has 2 aromatic carbocycles. The lowest BCUT2D eigenvalue weighted by Crippen LogP contribution is -2.44. The van der Waals surface area contributed by atoms with Crippen LogP contribution in [0.2, 0.25) is 5.02 Å². The highest BCUT2D eigenvalue weighted by Crippen LogP contribution is 2.24. The van der Waals surface area contributed by atoms with E-state index >= 15 is 0 Å². The van der Waals surface area contributed by atoms with Crippen LogP contribution in [0.4, 0.5) is 13.2 Å². The van der Waals surface area contributed by atoms with E-state index in [1.165, 1.54) is 24.8 Å². The molecule has 0 spiro atoms. The average Bonchev–Trinajstić information content (AvgIpc) is 2.97. The number of rotatable bonds is 9. The van der Waals surface area contributed by atoms with Gasteiger partial charge in [0.05, 0.1) is 0 Å². The number of carboxylic acid groups (broad SMARTS) is 1. The van der Waals surface area contributed by atoms with Crippen LogP contribution in [-0.4, -0.2) is 83.0 Å². The van der Waals surface area contributed by atoms with Crippen molar-refractivity contribution in [3.63, 3.8) is 0 Å². The fraction of sp³-hybridized carbons (Fsp3) is 0.531. The monoisotopic (exact) mass is 623 g/mol. The number of carboxylic acids is 1. The van der Waals surface area contributed by atoms with Gasteiger partial charge in [0, 0.05) is 44.0 Å². The SMILES string of the molecule is CC(=O)N1CCC(C(=O)N(CCCN2CCC(Cc3ccccc3)CC2)Cc2cccc(Cl)c2)CC1.O=C(O)C(F)(F)F. The quantitative estimate of drug-likeness (QED) is 0.376. The third kappa shape index (κ3) is 11.8. The van der Waals surface area contributed by atoms with E-state index in [0.29, 0.717) is 24.7 Å². The van der Waals surface area contributed by atoms with Gasteiger partial charge in [-0.2, -0.15) is 13.2 Å². The molecule has 7 nitrogen and oxygen atoms in total. The summed E-state index contributed by atoms with van der Waals surface area (Å²) in [6.07, 6.45) is 1.06. The molecular weight excluding hydrogens is 583 g/mol. The number of nitrogens with zero attached hydrogens (tertiary/aromatic N) is 3. The zero-order valence-electron chi connectivity index (χ0n) is 24.6. The summed E-state index contributed by atoms with van der Waals surface area (Å²) in [5, 5.41) is 7.83. The summed E-state index contributed by atoms with van der Waals surface area (Å²) in [4.78, 5) is 40.6. The summed E-state index contributed by atoms with van der Waals surface area (Å²) >= 11 is 6.22. The van der Waals surface area contributed by atoms with Crippen molar-refractivity contribution in [1.82, 2.24) is 14.7 Å². The number of benzene rings is 2. The molecule has 4 rings (SSSR count). The predicted octanol–water partition coefficient (Wildman–Crippen LogP) is 5.91. The van der Waals surface area contributed by atoms with E-state index in [1.54, 1.807) is 6.92 Å². The maximum Gasteiger partial charge on any atom is 0.490 e. The van der Waals surface area contributed by atoms with Gasteiger partial charge in [-0.05, 0) is 87.3 Å². The highest BCUT2D eigenvalue weighted by atomic mass is 35.5. The van der Waals surface area contributed by atoms with Gasteiger partial charge >= 0.3 is 12.1 Å². The smallest absolute Gasteiger partial charge is 0.475 e. The van der Waals surface area contributed by atoms with Gasteiger partial charge in [-0.3, -0.25) is 9.59 Å². The summed E-state index contributed by atoms with van der Waals surface area (Å²) in [5.41, 5.74) is 2.51. The van der Waals surface area contributed by atoms with E-state index in [-0.39, 0.29) is 17.7 Å². The first-order valence-electron chi connectivity index (χ1n) is 14.8. The number of amides is 2. The fourth-order valence-electron chi connectivity index (χ4n) is 5.67. The first kappa shape index (κ1) is 34.4. The van der Waals surface area contributed by atoms with Crippen LogP contribution < -0.4 is 0 Å². The van der Waals surface area contributed by atoms with Gasteiger partial charge in [0.1, 0.15) is 0 Å². The molecular formula is C32H41ClF3N3O4. The van der Waals surface area contributed by atoms with Gasteiger partial charge in [-0.1, -0.05) is 54.1 Å². The Labute approximate surface area is 256 Å². The molecule has 0 aromatic heterocycles. The molecule has 0 radical (unpaired) electrons. The number of carbonyl (C=O) groups excluding carboxylic acids is 2. The van der Waals surface area contributed by atoms with Gasteiger partial charge in [-0.25, -0.2) is 4.79 Å². The van der Waals surface area contributed by atoms with Gasteiger partial charge in [0.25, 0.3) is 0 Å². The number of aliphatic carboxylic acids is 1. The Morgan fingerprint density at radius 1 is 0.930 bits per heavy atom. The maximum absolute atomic E-state index is 13.5. The molecule has 11 heteroatoms. The van der Waals surface area contributed by atoms with Crippen LogP contribution in [0.5, 0.6) is 0 Å². The lowest BCUT2D eigenvalue weighted by atomic mass is 9.90. The molecule has 2 saturated heterocycles. The van der Waals surface area contributed by atoms with Crippen LogP contribution in [0.15, 0.2) is 54.6 Å². The Kier molecular flexibility index (Phi) is 13.3. The topological polar surface area (TPSA) is 81.2 Å². The van der Waals surface area contributed by atoms with Crippen LogP contribution in [0.25, 0.3) is 0 Å². The van der Waals surface area contributed by atoms with Crippen LogP contribution in [0.1, 0.15) is 50.2 Å². The third-order valence-corrected chi connectivity index (χ3v) is 8.32. The molecule has 2 amide bonds. The normalized spacial score (nSPS) is 16.7. The number of halogens is 4. The molecule has 236 valence electrons. The van der Waals surface area contributed by atoms with Gasteiger partial charge in [0.2, 0.25) is 11.8 Å².